The van der Waals surface area contributed by atoms with E-state index >= 15 is 0 Å². The molecule has 2 heterocycles. The maximum atomic E-state index is 12.5. The predicted octanol–water partition coefficient (Wildman–Crippen LogP) is 2.81. The van der Waals surface area contributed by atoms with E-state index in [9.17, 15) is 4.79 Å². The third-order valence-electron chi connectivity index (χ3n) is 4.70. The molecule has 7 heteroatoms. The molecule has 0 saturated carbocycles. The molecule has 1 aromatic carbocycles. The van der Waals surface area contributed by atoms with Crippen molar-refractivity contribution in [2.75, 3.05) is 0 Å². The normalized spacial score (nSPS) is 15.7. The number of aromatic nitrogens is 4. The zero-order valence-electron chi connectivity index (χ0n) is 14.7. The maximum absolute atomic E-state index is 12.5. The Morgan fingerprint density at radius 3 is 3.00 bits per heavy atom. The molecule has 7 nitrogen and oxygen atoms in total. The van der Waals surface area contributed by atoms with E-state index in [-0.39, 0.29) is 11.9 Å². The molecule has 0 radical (unpaired) electrons. The highest BCUT2D eigenvalue weighted by molar-refractivity contribution is 5.95. The highest BCUT2D eigenvalue weighted by atomic mass is 16.5. The molecule has 0 bridgehead atoms. The molecular weight excluding hydrogens is 330 g/mol. The van der Waals surface area contributed by atoms with E-state index < -0.39 is 0 Å². The monoisotopic (exact) mass is 349 g/mol. The smallest absolute Gasteiger partial charge is 0.253 e. The number of carbonyl (C=O) groups is 1. The molecule has 1 N–H and O–H groups in total. The summed E-state index contributed by atoms with van der Waals surface area (Å²) in [6, 6.07) is 7.80. The third-order valence-corrected chi connectivity index (χ3v) is 4.70. The van der Waals surface area contributed by atoms with Gasteiger partial charge in [0.1, 0.15) is 0 Å². The Bertz CT molecular complexity index is 966. The fraction of sp³-hybridized carbons (Fsp3) is 0.316. The van der Waals surface area contributed by atoms with Gasteiger partial charge < -0.3 is 9.84 Å². The minimum Gasteiger partial charge on any atom is -0.345 e. The lowest BCUT2D eigenvalue weighted by Gasteiger charge is -2.15. The molecule has 26 heavy (non-hydrogen) atoms. The van der Waals surface area contributed by atoms with E-state index in [1.54, 1.807) is 13.0 Å². The number of carbonyl (C=O) groups excluding carboxylic acids is 1. The van der Waals surface area contributed by atoms with Crippen molar-refractivity contribution < 1.29 is 9.32 Å². The average molecular weight is 349 g/mol. The van der Waals surface area contributed by atoms with Crippen LogP contribution in [-0.2, 0) is 12.8 Å². The molecule has 0 spiro atoms. The van der Waals surface area contributed by atoms with Crippen LogP contribution in [0.15, 0.2) is 35.0 Å². The molecule has 1 aliphatic rings. The largest absolute Gasteiger partial charge is 0.345 e. The van der Waals surface area contributed by atoms with Gasteiger partial charge in [-0.2, -0.15) is 15.2 Å². The van der Waals surface area contributed by atoms with E-state index in [0.717, 1.165) is 30.4 Å². The van der Waals surface area contributed by atoms with Crippen molar-refractivity contribution in [1.29, 1.82) is 0 Å². The second-order valence-corrected chi connectivity index (χ2v) is 6.37. The standard InChI is InChI=1S/C19H19N5O2/c1-3-17-22-18(24-26-17)13-4-6-15-12(10-13)5-7-16(15)21-19(25)14-8-9-20-23-11(14)2/h4,6,8-10,16H,3,5,7H2,1-2H3,(H,21,25). The van der Waals surface area contributed by atoms with Gasteiger partial charge >= 0.3 is 0 Å². The summed E-state index contributed by atoms with van der Waals surface area (Å²) in [6.07, 6.45) is 4.02. The van der Waals surface area contributed by atoms with Crippen molar-refractivity contribution >= 4 is 5.91 Å². The number of fused-ring (bicyclic) bond motifs is 1. The first kappa shape index (κ1) is 16.4. The lowest BCUT2D eigenvalue weighted by atomic mass is 10.0. The Morgan fingerprint density at radius 2 is 2.23 bits per heavy atom. The number of nitrogens with one attached hydrogen (secondary N) is 1. The van der Waals surface area contributed by atoms with Gasteiger partial charge in [-0.1, -0.05) is 24.2 Å². The number of aryl methyl sites for hydroxylation is 3. The van der Waals surface area contributed by atoms with Crippen molar-refractivity contribution in [3.05, 3.63) is 58.7 Å². The van der Waals surface area contributed by atoms with Crippen LogP contribution in [0, 0.1) is 6.92 Å². The summed E-state index contributed by atoms with van der Waals surface area (Å²) in [5, 5.41) is 14.9. The van der Waals surface area contributed by atoms with Gasteiger partial charge in [-0.25, -0.2) is 0 Å². The minimum atomic E-state index is -0.120. The topological polar surface area (TPSA) is 93.8 Å². The molecule has 2 aromatic heterocycles. The summed E-state index contributed by atoms with van der Waals surface area (Å²) in [5.41, 5.74) is 4.47. The first-order valence-electron chi connectivity index (χ1n) is 8.70. The van der Waals surface area contributed by atoms with Gasteiger partial charge in [-0.3, -0.25) is 4.79 Å². The molecule has 132 valence electrons. The maximum Gasteiger partial charge on any atom is 0.253 e. The molecule has 0 fully saturated rings. The van der Waals surface area contributed by atoms with E-state index in [1.165, 1.54) is 11.8 Å². The highest BCUT2D eigenvalue weighted by Gasteiger charge is 2.25. The van der Waals surface area contributed by atoms with E-state index in [4.69, 9.17) is 4.52 Å². The van der Waals surface area contributed by atoms with Crippen LogP contribution in [0.25, 0.3) is 11.4 Å². The molecular formula is C19H19N5O2. The van der Waals surface area contributed by atoms with Crippen LogP contribution in [0.4, 0.5) is 0 Å². The molecule has 1 amide bonds. The fourth-order valence-corrected chi connectivity index (χ4v) is 3.30. The summed E-state index contributed by atoms with van der Waals surface area (Å²) in [5.74, 6) is 1.12. The molecule has 1 atom stereocenters. The highest BCUT2D eigenvalue weighted by Crippen LogP contribution is 2.34. The molecule has 0 saturated heterocycles. The number of amides is 1. The van der Waals surface area contributed by atoms with Crippen LogP contribution >= 0.6 is 0 Å². The van der Waals surface area contributed by atoms with Crippen LogP contribution in [0.5, 0.6) is 0 Å². The zero-order chi connectivity index (χ0) is 18.1. The number of rotatable bonds is 4. The Labute approximate surface area is 150 Å². The second kappa shape index (κ2) is 6.67. The van der Waals surface area contributed by atoms with Crippen LogP contribution < -0.4 is 5.32 Å². The van der Waals surface area contributed by atoms with Crippen LogP contribution in [0.3, 0.4) is 0 Å². The van der Waals surface area contributed by atoms with Crippen molar-refractivity contribution in [3.8, 4) is 11.4 Å². The van der Waals surface area contributed by atoms with Crippen LogP contribution in [0.1, 0.15) is 52.5 Å². The summed E-state index contributed by atoms with van der Waals surface area (Å²) in [6.45, 7) is 3.76. The first-order chi connectivity index (χ1) is 12.7. The van der Waals surface area contributed by atoms with Gasteiger partial charge in [0.25, 0.3) is 5.91 Å². The van der Waals surface area contributed by atoms with Gasteiger partial charge in [-0.05, 0) is 43.0 Å². The SMILES string of the molecule is CCc1nc(-c2ccc3c(c2)CCC3NC(=O)c2ccnnc2C)no1. The summed E-state index contributed by atoms with van der Waals surface area (Å²) < 4.78 is 5.19. The predicted molar refractivity (Wildman–Crippen MR) is 94.4 cm³/mol. The summed E-state index contributed by atoms with van der Waals surface area (Å²) in [7, 11) is 0. The zero-order valence-corrected chi connectivity index (χ0v) is 14.7. The van der Waals surface area contributed by atoms with Gasteiger partial charge in [0.15, 0.2) is 0 Å². The first-order valence-corrected chi connectivity index (χ1v) is 8.70. The fourth-order valence-electron chi connectivity index (χ4n) is 3.30. The average Bonchev–Trinajstić information content (AvgIpc) is 3.29. The number of benzene rings is 1. The van der Waals surface area contributed by atoms with Crippen molar-refractivity contribution in [2.45, 2.75) is 39.2 Å². The lowest BCUT2D eigenvalue weighted by Crippen LogP contribution is -2.28. The van der Waals surface area contributed by atoms with E-state index in [2.05, 4.69) is 31.7 Å². The second-order valence-electron chi connectivity index (χ2n) is 6.37. The van der Waals surface area contributed by atoms with Crippen molar-refractivity contribution in [3.63, 3.8) is 0 Å². The summed E-state index contributed by atoms with van der Waals surface area (Å²) in [4.78, 5) is 16.9. The van der Waals surface area contributed by atoms with Gasteiger partial charge in [-0.15, -0.1) is 0 Å². The Morgan fingerprint density at radius 1 is 1.35 bits per heavy atom. The molecule has 4 rings (SSSR count). The third kappa shape index (κ3) is 2.96. The Balaban J connectivity index is 1.55. The van der Waals surface area contributed by atoms with Crippen molar-refractivity contribution in [2.24, 2.45) is 0 Å². The number of hydrogen-bond donors (Lipinski definition) is 1. The number of nitrogens with zero attached hydrogens (tertiary/aromatic N) is 4. The summed E-state index contributed by atoms with van der Waals surface area (Å²) >= 11 is 0. The quantitative estimate of drug-likeness (QED) is 0.778. The van der Waals surface area contributed by atoms with E-state index in [1.807, 2.05) is 19.1 Å². The van der Waals surface area contributed by atoms with Gasteiger partial charge in [0.05, 0.1) is 23.5 Å². The molecule has 0 aliphatic heterocycles. The molecule has 1 unspecified atom stereocenters. The Kier molecular flexibility index (Phi) is 4.20. The Hall–Kier alpha value is -3.09. The van der Waals surface area contributed by atoms with Crippen molar-refractivity contribution in [1.82, 2.24) is 25.7 Å². The molecule has 3 aromatic rings. The van der Waals surface area contributed by atoms with E-state index in [0.29, 0.717) is 23.0 Å². The minimum absolute atomic E-state index is 0.00409. The van der Waals surface area contributed by atoms with Crippen LogP contribution in [0.2, 0.25) is 0 Å². The van der Waals surface area contributed by atoms with Crippen LogP contribution in [-0.4, -0.2) is 26.2 Å². The lowest BCUT2D eigenvalue weighted by molar-refractivity contribution is 0.0935. The molecule has 1 aliphatic carbocycles. The number of hydrogen-bond acceptors (Lipinski definition) is 6. The van der Waals surface area contributed by atoms with Gasteiger partial charge in [0.2, 0.25) is 11.7 Å². The van der Waals surface area contributed by atoms with Gasteiger partial charge in [0, 0.05) is 12.0 Å².